The number of nitrogens with zero attached hydrogens (tertiary/aromatic N) is 3. The Morgan fingerprint density at radius 1 is 1.25 bits per heavy atom. The average molecular weight is 287 g/mol. The maximum atomic E-state index is 6.20. The van der Waals surface area contributed by atoms with E-state index in [2.05, 4.69) is 15.4 Å². The van der Waals surface area contributed by atoms with Crippen LogP contribution in [0, 0.1) is 6.92 Å². The van der Waals surface area contributed by atoms with Crippen LogP contribution in [0.5, 0.6) is 0 Å². The molecule has 0 fully saturated rings. The van der Waals surface area contributed by atoms with Gasteiger partial charge in [-0.1, -0.05) is 29.8 Å². The van der Waals surface area contributed by atoms with Gasteiger partial charge in [-0.05, 0) is 43.2 Å². The van der Waals surface area contributed by atoms with Crippen LogP contribution in [0.2, 0.25) is 5.02 Å². The van der Waals surface area contributed by atoms with Crippen LogP contribution in [0.25, 0.3) is 5.65 Å². The number of anilines is 1. The van der Waals surface area contributed by atoms with Crippen LogP contribution < -0.4 is 5.32 Å². The Morgan fingerprint density at radius 3 is 2.85 bits per heavy atom. The lowest BCUT2D eigenvalue weighted by Gasteiger charge is -2.13. The highest BCUT2D eigenvalue weighted by Crippen LogP contribution is 2.24. The van der Waals surface area contributed by atoms with Gasteiger partial charge in [-0.3, -0.25) is 0 Å². The molecule has 20 heavy (non-hydrogen) atoms. The second-order valence-electron chi connectivity index (χ2n) is 4.83. The van der Waals surface area contributed by atoms with Crippen molar-refractivity contribution in [2.75, 3.05) is 5.32 Å². The third-order valence-corrected chi connectivity index (χ3v) is 3.55. The van der Waals surface area contributed by atoms with Crippen LogP contribution in [0.15, 0.2) is 42.6 Å². The van der Waals surface area contributed by atoms with Gasteiger partial charge in [0.25, 0.3) is 0 Å². The molecule has 0 bridgehead atoms. The summed E-state index contributed by atoms with van der Waals surface area (Å²) < 4.78 is 1.76. The molecule has 1 unspecified atom stereocenters. The molecule has 1 aromatic carbocycles. The van der Waals surface area contributed by atoms with Crippen molar-refractivity contribution in [1.82, 2.24) is 14.6 Å². The first kappa shape index (κ1) is 12.9. The van der Waals surface area contributed by atoms with Crippen molar-refractivity contribution in [3.63, 3.8) is 0 Å². The molecule has 3 rings (SSSR count). The summed E-state index contributed by atoms with van der Waals surface area (Å²) >= 11 is 6.20. The predicted octanol–water partition coefficient (Wildman–Crippen LogP) is 3.86. The average Bonchev–Trinajstić information content (AvgIpc) is 2.80. The summed E-state index contributed by atoms with van der Waals surface area (Å²) in [5.41, 5.74) is 3.03. The fourth-order valence-electron chi connectivity index (χ4n) is 2.14. The van der Waals surface area contributed by atoms with Gasteiger partial charge in [0.1, 0.15) is 0 Å². The topological polar surface area (TPSA) is 42.2 Å². The second-order valence-corrected chi connectivity index (χ2v) is 5.24. The van der Waals surface area contributed by atoms with Gasteiger partial charge >= 0.3 is 0 Å². The highest BCUT2D eigenvalue weighted by Gasteiger charge is 2.11. The number of aryl methyl sites for hydroxylation is 1. The number of hydrogen-bond acceptors (Lipinski definition) is 3. The summed E-state index contributed by atoms with van der Waals surface area (Å²) in [5, 5.41) is 8.42. The molecule has 0 spiro atoms. The van der Waals surface area contributed by atoms with Crippen molar-refractivity contribution in [2.24, 2.45) is 0 Å². The standard InChI is InChI=1S/C15H15ClN4/c1-10-7-8-20-14(9-10)18-15(19-20)17-11(2)12-5-3-4-6-13(12)16/h3-9,11H,1-2H3,(H,17,19). The lowest BCUT2D eigenvalue weighted by Crippen LogP contribution is -2.08. The monoisotopic (exact) mass is 286 g/mol. The normalized spacial score (nSPS) is 12.6. The number of benzene rings is 1. The van der Waals surface area contributed by atoms with E-state index in [1.165, 1.54) is 0 Å². The Bertz CT molecular complexity index is 750. The molecule has 5 heteroatoms. The molecule has 0 aliphatic heterocycles. The van der Waals surface area contributed by atoms with Gasteiger partial charge in [0.05, 0.1) is 6.04 Å². The first-order chi connectivity index (χ1) is 9.63. The largest absolute Gasteiger partial charge is 0.346 e. The summed E-state index contributed by atoms with van der Waals surface area (Å²) in [6, 6.07) is 11.8. The Morgan fingerprint density at radius 2 is 2.05 bits per heavy atom. The van der Waals surface area contributed by atoms with E-state index in [9.17, 15) is 0 Å². The molecule has 0 saturated carbocycles. The Hall–Kier alpha value is -2.07. The SMILES string of the molecule is Cc1ccn2nc(NC(C)c3ccccc3Cl)nc2c1. The van der Waals surface area contributed by atoms with Crippen molar-refractivity contribution in [1.29, 1.82) is 0 Å². The van der Waals surface area contributed by atoms with Crippen molar-refractivity contribution in [3.8, 4) is 0 Å². The molecular weight excluding hydrogens is 272 g/mol. The molecule has 1 N–H and O–H groups in total. The van der Waals surface area contributed by atoms with Crippen LogP contribution in [0.4, 0.5) is 5.95 Å². The molecule has 2 aromatic heterocycles. The molecule has 0 saturated heterocycles. The molecule has 0 aliphatic carbocycles. The highest BCUT2D eigenvalue weighted by molar-refractivity contribution is 6.31. The summed E-state index contributed by atoms with van der Waals surface area (Å²) in [4.78, 5) is 4.47. The minimum absolute atomic E-state index is 0.0437. The molecule has 102 valence electrons. The molecule has 1 atom stereocenters. The van der Waals surface area contributed by atoms with Gasteiger partial charge < -0.3 is 5.32 Å². The van der Waals surface area contributed by atoms with Gasteiger partial charge in [0.2, 0.25) is 5.95 Å². The predicted molar refractivity (Wildman–Crippen MR) is 81.2 cm³/mol. The number of rotatable bonds is 3. The van der Waals surface area contributed by atoms with E-state index >= 15 is 0 Å². The lowest BCUT2D eigenvalue weighted by atomic mass is 10.1. The van der Waals surface area contributed by atoms with Crippen molar-refractivity contribution in [3.05, 3.63) is 58.7 Å². The zero-order chi connectivity index (χ0) is 14.1. The molecule has 4 nitrogen and oxygen atoms in total. The molecule has 0 radical (unpaired) electrons. The molecular formula is C15H15ClN4. The van der Waals surface area contributed by atoms with E-state index in [1.54, 1.807) is 4.52 Å². The van der Waals surface area contributed by atoms with E-state index in [0.717, 1.165) is 21.8 Å². The molecule has 0 aliphatic rings. The van der Waals surface area contributed by atoms with Crippen LogP contribution in [-0.2, 0) is 0 Å². The minimum atomic E-state index is 0.0437. The quantitative estimate of drug-likeness (QED) is 0.795. The van der Waals surface area contributed by atoms with E-state index in [1.807, 2.05) is 56.4 Å². The van der Waals surface area contributed by atoms with Gasteiger partial charge in [-0.25, -0.2) is 4.52 Å². The number of pyridine rings is 1. The van der Waals surface area contributed by atoms with Crippen LogP contribution in [0.3, 0.4) is 0 Å². The number of aromatic nitrogens is 3. The number of fused-ring (bicyclic) bond motifs is 1. The van der Waals surface area contributed by atoms with Crippen molar-refractivity contribution < 1.29 is 0 Å². The molecule has 0 amide bonds. The van der Waals surface area contributed by atoms with E-state index < -0.39 is 0 Å². The Balaban J connectivity index is 1.87. The third kappa shape index (κ3) is 2.47. The van der Waals surface area contributed by atoms with Gasteiger partial charge in [0, 0.05) is 11.2 Å². The van der Waals surface area contributed by atoms with Gasteiger partial charge in [0.15, 0.2) is 5.65 Å². The first-order valence-electron chi connectivity index (χ1n) is 6.47. The van der Waals surface area contributed by atoms with Gasteiger partial charge in [-0.2, -0.15) is 4.98 Å². The third-order valence-electron chi connectivity index (χ3n) is 3.21. The van der Waals surface area contributed by atoms with Crippen LogP contribution >= 0.6 is 11.6 Å². The van der Waals surface area contributed by atoms with Gasteiger partial charge in [-0.15, -0.1) is 5.10 Å². The fraction of sp³-hybridized carbons (Fsp3) is 0.200. The summed E-state index contributed by atoms with van der Waals surface area (Å²) in [6.07, 6.45) is 1.91. The van der Waals surface area contributed by atoms with E-state index in [4.69, 9.17) is 11.6 Å². The number of halogens is 1. The minimum Gasteiger partial charge on any atom is -0.346 e. The first-order valence-corrected chi connectivity index (χ1v) is 6.85. The zero-order valence-corrected chi connectivity index (χ0v) is 12.1. The Labute approximate surface area is 122 Å². The van der Waals surface area contributed by atoms with Crippen LogP contribution in [0.1, 0.15) is 24.1 Å². The zero-order valence-electron chi connectivity index (χ0n) is 11.3. The van der Waals surface area contributed by atoms with E-state index in [0.29, 0.717) is 5.95 Å². The second kappa shape index (κ2) is 5.13. The Kier molecular flexibility index (Phi) is 3.32. The lowest BCUT2D eigenvalue weighted by molar-refractivity contribution is 0.853. The molecule has 3 aromatic rings. The number of hydrogen-bond donors (Lipinski definition) is 1. The van der Waals surface area contributed by atoms with Crippen molar-refractivity contribution >= 4 is 23.2 Å². The van der Waals surface area contributed by atoms with E-state index in [-0.39, 0.29) is 6.04 Å². The molecule has 2 heterocycles. The smallest absolute Gasteiger partial charge is 0.243 e. The maximum Gasteiger partial charge on any atom is 0.243 e. The maximum absolute atomic E-state index is 6.20. The summed E-state index contributed by atoms with van der Waals surface area (Å²) in [6.45, 7) is 4.08. The fourth-order valence-corrected chi connectivity index (χ4v) is 2.44. The highest BCUT2D eigenvalue weighted by atomic mass is 35.5. The number of nitrogens with one attached hydrogen (secondary N) is 1. The van der Waals surface area contributed by atoms with Crippen molar-refractivity contribution in [2.45, 2.75) is 19.9 Å². The van der Waals surface area contributed by atoms with Crippen LogP contribution in [-0.4, -0.2) is 14.6 Å². The summed E-state index contributed by atoms with van der Waals surface area (Å²) in [5.74, 6) is 0.600. The summed E-state index contributed by atoms with van der Waals surface area (Å²) in [7, 11) is 0.